The Labute approximate surface area is 76.3 Å². The number of carbonyl (C=O) groups excluding carboxylic acids is 1. The maximum absolute atomic E-state index is 12.6. The number of piperidine rings is 1. The van der Waals surface area contributed by atoms with Crippen LogP contribution in [0.15, 0.2) is 0 Å². The molecule has 3 nitrogen and oxygen atoms in total. The summed E-state index contributed by atoms with van der Waals surface area (Å²) in [5.74, 6) is -0.249. The minimum Gasteiger partial charge on any atom is -0.339 e. The van der Waals surface area contributed by atoms with E-state index in [9.17, 15) is 9.18 Å². The second kappa shape index (κ2) is 2.44. The smallest absolute Gasteiger partial charge is 0.228 e. The van der Waals surface area contributed by atoms with Gasteiger partial charge in [-0.15, -0.1) is 0 Å². The van der Waals surface area contributed by atoms with E-state index in [4.69, 9.17) is 0 Å². The molecule has 1 aliphatic carbocycles. The molecule has 4 aliphatic rings. The third-order valence-electron chi connectivity index (χ3n) is 3.26. The molecular weight excluding hydrogens is 171 g/mol. The maximum atomic E-state index is 12.6. The highest BCUT2D eigenvalue weighted by molar-refractivity contribution is 5.82. The highest BCUT2D eigenvalue weighted by Crippen LogP contribution is 2.36. The molecule has 2 unspecified atom stereocenters. The predicted octanol–water partition coefficient (Wildman–Crippen LogP) is -0.0829. The van der Waals surface area contributed by atoms with E-state index in [1.54, 1.807) is 0 Å². The molecule has 0 aromatic carbocycles. The van der Waals surface area contributed by atoms with Crippen LogP contribution in [-0.4, -0.2) is 42.2 Å². The summed E-state index contributed by atoms with van der Waals surface area (Å²) in [5.41, 5.74) is 0. The van der Waals surface area contributed by atoms with Crippen LogP contribution in [0.4, 0.5) is 4.39 Å². The average molecular weight is 184 g/mol. The van der Waals surface area contributed by atoms with Crippen molar-refractivity contribution in [3.05, 3.63) is 0 Å². The number of nitrogens with one attached hydrogen (secondary N) is 1. The Kier molecular flexibility index (Phi) is 1.45. The Balaban J connectivity index is 1.63. The van der Waals surface area contributed by atoms with E-state index in [-0.39, 0.29) is 11.8 Å². The van der Waals surface area contributed by atoms with Crippen molar-refractivity contribution >= 4 is 5.91 Å². The van der Waals surface area contributed by atoms with Crippen LogP contribution in [0.5, 0.6) is 0 Å². The van der Waals surface area contributed by atoms with Crippen molar-refractivity contribution in [2.75, 3.05) is 13.1 Å². The molecule has 1 amide bonds. The van der Waals surface area contributed by atoms with Gasteiger partial charge in [0.1, 0.15) is 6.17 Å². The highest BCUT2D eigenvalue weighted by Gasteiger charge is 2.48. The van der Waals surface area contributed by atoms with E-state index >= 15 is 0 Å². The monoisotopic (exact) mass is 184 g/mol. The molecule has 3 heterocycles. The van der Waals surface area contributed by atoms with Gasteiger partial charge in [-0.1, -0.05) is 0 Å². The molecular formula is C9H13FN2O. The number of alkyl halides is 1. The first-order valence-corrected chi connectivity index (χ1v) is 4.93. The first-order valence-electron chi connectivity index (χ1n) is 4.93. The summed E-state index contributed by atoms with van der Waals surface area (Å²) >= 11 is 0. The summed E-state index contributed by atoms with van der Waals surface area (Å²) < 4.78 is 12.6. The Morgan fingerprint density at radius 3 is 2.31 bits per heavy atom. The Morgan fingerprint density at radius 1 is 1.31 bits per heavy atom. The number of fused-ring (bicyclic) bond motifs is 2. The number of amides is 1. The molecule has 3 saturated heterocycles. The number of carbonyl (C=O) groups is 1. The Hall–Kier alpha value is -0.640. The van der Waals surface area contributed by atoms with E-state index in [0.717, 1.165) is 13.1 Å². The summed E-state index contributed by atoms with van der Waals surface area (Å²) in [4.78, 5) is 13.4. The summed E-state index contributed by atoms with van der Waals surface area (Å²) in [6, 6.07) is 0.971. The zero-order valence-electron chi connectivity index (χ0n) is 7.37. The van der Waals surface area contributed by atoms with Crippen molar-refractivity contribution in [1.82, 2.24) is 10.2 Å². The fourth-order valence-electron chi connectivity index (χ4n) is 2.35. The van der Waals surface area contributed by atoms with E-state index in [1.165, 1.54) is 6.42 Å². The molecule has 4 rings (SSSR count). The zero-order chi connectivity index (χ0) is 9.00. The molecule has 2 bridgehead atoms. The van der Waals surface area contributed by atoms with Gasteiger partial charge in [0, 0.05) is 25.2 Å². The number of piperazine rings is 1. The van der Waals surface area contributed by atoms with E-state index in [0.29, 0.717) is 18.5 Å². The zero-order valence-corrected chi connectivity index (χ0v) is 7.37. The third kappa shape index (κ3) is 1.15. The molecule has 1 saturated carbocycles. The summed E-state index contributed by atoms with van der Waals surface area (Å²) in [6.45, 7) is 1.58. The first-order chi connectivity index (χ1) is 6.24. The standard InChI is InChI=1S/C9H13FN2O/c10-8-2-7(8)9(13)12-3-5-1-6(4-12)11-5/h5-8,11H,1-4H2/t5-,6-,7?,8?/m0/s1. The summed E-state index contributed by atoms with van der Waals surface area (Å²) in [5, 5.41) is 3.35. The topological polar surface area (TPSA) is 32.3 Å². The number of hydrogen-bond acceptors (Lipinski definition) is 2. The fraction of sp³-hybridized carbons (Fsp3) is 0.889. The van der Waals surface area contributed by atoms with Crippen molar-refractivity contribution in [1.29, 1.82) is 0 Å². The van der Waals surface area contributed by atoms with Crippen LogP contribution in [0.3, 0.4) is 0 Å². The van der Waals surface area contributed by atoms with Crippen LogP contribution in [0.25, 0.3) is 0 Å². The first kappa shape index (κ1) is 7.74. The van der Waals surface area contributed by atoms with Gasteiger partial charge in [-0.2, -0.15) is 0 Å². The van der Waals surface area contributed by atoms with Crippen LogP contribution >= 0.6 is 0 Å². The van der Waals surface area contributed by atoms with Crippen molar-refractivity contribution in [2.24, 2.45) is 5.92 Å². The molecule has 4 atom stereocenters. The van der Waals surface area contributed by atoms with Gasteiger partial charge in [-0.05, 0) is 12.8 Å². The average Bonchev–Trinajstić information content (AvgIpc) is 2.80. The molecule has 4 heteroatoms. The lowest BCUT2D eigenvalue weighted by Gasteiger charge is -2.48. The molecule has 1 N–H and O–H groups in total. The van der Waals surface area contributed by atoms with Gasteiger partial charge >= 0.3 is 0 Å². The quantitative estimate of drug-likeness (QED) is 0.618. The molecule has 0 aromatic heterocycles. The highest BCUT2D eigenvalue weighted by atomic mass is 19.1. The fourth-order valence-corrected chi connectivity index (χ4v) is 2.35. The minimum atomic E-state index is -0.848. The molecule has 0 radical (unpaired) electrons. The normalized spacial score (nSPS) is 47.0. The SMILES string of the molecule is O=C(C1CC1F)N1C[C@@H]2C[C@@H](C1)N2. The third-order valence-corrected chi connectivity index (χ3v) is 3.26. The van der Waals surface area contributed by atoms with E-state index in [2.05, 4.69) is 5.32 Å². The number of nitrogens with zero attached hydrogens (tertiary/aromatic N) is 1. The predicted molar refractivity (Wildman–Crippen MR) is 44.9 cm³/mol. The van der Waals surface area contributed by atoms with Gasteiger partial charge in [0.15, 0.2) is 0 Å². The van der Waals surface area contributed by atoms with Crippen LogP contribution < -0.4 is 5.32 Å². The van der Waals surface area contributed by atoms with Crippen LogP contribution in [-0.2, 0) is 4.79 Å². The van der Waals surface area contributed by atoms with Gasteiger partial charge < -0.3 is 10.2 Å². The number of hydrogen-bond donors (Lipinski definition) is 1. The number of rotatable bonds is 1. The Bertz CT molecular complexity index is 242. The van der Waals surface area contributed by atoms with Crippen LogP contribution in [0.1, 0.15) is 12.8 Å². The summed E-state index contributed by atoms with van der Waals surface area (Å²) in [7, 11) is 0. The van der Waals surface area contributed by atoms with Crippen molar-refractivity contribution < 1.29 is 9.18 Å². The van der Waals surface area contributed by atoms with E-state index in [1.807, 2.05) is 4.90 Å². The van der Waals surface area contributed by atoms with E-state index < -0.39 is 6.17 Å². The molecule has 72 valence electrons. The van der Waals surface area contributed by atoms with Gasteiger partial charge in [0.05, 0.1) is 5.92 Å². The van der Waals surface area contributed by atoms with Gasteiger partial charge in [-0.25, -0.2) is 4.39 Å². The lowest BCUT2D eigenvalue weighted by molar-refractivity contribution is -0.137. The number of halogens is 1. The minimum absolute atomic E-state index is 0.0451. The lowest BCUT2D eigenvalue weighted by atomic mass is 9.91. The largest absolute Gasteiger partial charge is 0.339 e. The molecule has 3 aliphatic heterocycles. The second-order valence-electron chi connectivity index (χ2n) is 4.40. The van der Waals surface area contributed by atoms with Gasteiger partial charge in [0.25, 0.3) is 0 Å². The Morgan fingerprint density at radius 2 is 1.85 bits per heavy atom. The van der Waals surface area contributed by atoms with Gasteiger partial charge in [-0.3, -0.25) is 4.79 Å². The van der Waals surface area contributed by atoms with Crippen molar-refractivity contribution in [2.45, 2.75) is 31.1 Å². The molecule has 13 heavy (non-hydrogen) atoms. The molecule has 0 spiro atoms. The van der Waals surface area contributed by atoms with Crippen molar-refractivity contribution in [3.63, 3.8) is 0 Å². The van der Waals surface area contributed by atoms with Crippen molar-refractivity contribution in [3.8, 4) is 0 Å². The molecule has 0 aromatic rings. The van der Waals surface area contributed by atoms with Crippen LogP contribution in [0, 0.1) is 5.92 Å². The second-order valence-corrected chi connectivity index (χ2v) is 4.40. The van der Waals surface area contributed by atoms with Crippen LogP contribution in [0.2, 0.25) is 0 Å². The maximum Gasteiger partial charge on any atom is 0.228 e. The van der Waals surface area contributed by atoms with Gasteiger partial charge in [0.2, 0.25) is 5.91 Å². The summed E-state index contributed by atoms with van der Waals surface area (Å²) in [6.07, 6.45) is 0.796. The molecule has 4 fully saturated rings. The lowest BCUT2D eigenvalue weighted by Crippen LogP contribution is -2.67.